The molecule has 19 heavy (non-hydrogen) atoms. The van der Waals surface area contributed by atoms with Gasteiger partial charge in [-0.3, -0.25) is 4.57 Å². The number of nitrogens with one attached hydrogen (secondary N) is 1. The fourth-order valence-corrected chi connectivity index (χ4v) is 2.99. The van der Waals surface area contributed by atoms with Gasteiger partial charge in [-0.15, -0.1) is 0 Å². The quantitative estimate of drug-likeness (QED) is 0.910. The standard InChI is InChI=1S/C15H18ClN3/c1-11-6-7-14(13(16)10-11)19-9-8-17-15(19)18-12-4-2-3-5-12/h6-10,12H,2-5H2,1H3,(H,17,18). The Morgan fingerprint density at radius 1 is 1.32 bits per heavy atom. The second-order valence-electron chi connectivity index (χ2n) is 5.20. The lowest BCUT2D eigenvalue weighted by Crippen LogP contribution is -2.17. The minimum Gasteiger partial charge on any atom is -0.353 e. The first-order chi connectivity index (χ1) is 9.24. The van der Waals surface area contributed by atoms with Gasteiger partial charge >= 0.3 is 0 Å². The third-order valence-corrected chi connectivity index (χ3v) is 3.99. The van der Waals surface area contributed by atoms with Crippen molar-refractivity contribution in [3.05, 3.63) is 41.2 Å². The van der Waals surface area contributed by atoms with Gasteiger partial charge in [-0.25, -0.2) is 4.98 Å². The summed E-state index contributed by atoms with van der Waals surface area (Å²) >= 11 is 6.33. The highest BCUT2D eigenvalue weighted by atomic mass is 35.5. The van der Waals surface area contributed by atoms with Gasteiger partial charge in [-0.2, -0.15) is 0 Å². The summed E-state index contributed by atoms with van der Waals surface area (Å²) in [5.74, 6) is 0.887. The number of benzene rings is 1. The number of imidazole rings is 1. The summed E-state index contributed by atoms with van der Waals surface area (Å²) in [5.41, 5.74) is 2.14. The van der Waals surface area contributed by atoms with Crippen LogP contribution in [0.25, 0.3) is 5.69 Å². The summed E-state index contributed by atoms with van der Waals surface area (Å²) in [6.07, 6.45) is 8.84. The number of nitrogens with zero attached hydrogens (tertiary/aromatic N) is 2. The van der Waals surface area contributed by atoms with Crippen molar-refractivity contribution in [1.82, 2.24) is 9.55 Å². The molecule has 4 heteroatoms. The summed E-state index contributed by atoms with van der Waals surface area (Å²) in [6.45, 7) is 2.04. The molecular formula is C15H18ClN3. The summed E-state index contributed by atoms with van der Waals surface area (Å²) in [4.78, 5) is 4.41. The molecule has 0 bridgehead atoms. The Labute approximate surface area is 118 Å². The van der Waals surface area contributed by atoms with Gasteiger partial charge in [0.25, 0.3) is 0 Å². The molecule has 0 spiro atoms. The van der Waals surface area contributed by atoms with Crippen LogP contribution in [0.4, 0.5) is 5.95 Å². The zero-order valence-electron chi connectivity index (χ0n) is 11.1. The van der Waals surface area contributed by atoms with E-state index in [0.29, 0.717) is 6.04 Å². The monoisotopic (exact) mass is 275 g/mol. The molecule has 0 atom stereocenters. The molecule has 0 aliphatic heterocycles. The molecule has 1 aliphatic carbocycles. The lowest BCUT2D eigenvalue weighted by Gasteiger charge is -2.15. The van der Waals surface area contributed by atoms with E-state index in [1.54, 1.807) is 0 Å². The van der Waals surface area contributed by atoms with Crippen molar-refractivity contribution in [1.29, 1.82) is 0 Å². The van der Waals surface area contributed by atoms with Gasteiger partial charge in [0.15, 0.2) is 0 Å². The topological polar surface area (TPSA) is 29.9 Å². The van der Waals surface area contributed by atoms with Gasteiger partial charge in [0, 0.05) is 18.4 Å². The minimum atomic E-state index is 0.547. The van der Waals surface area contributed by atoms with Gasteiger partial charge in [-0.1, -0.05) is 30.5 Å². The Hall–Kier alpha value is -1.48. The Balaban J connectivity index is 1.90. The largest absolute Gasteiger partial charge is 0.353 e. The minimum absolute atomic E-state index is 0.547. The van der Waals surface area contributed by atoms with Crippen LogP contribution in [-0.4, -0.2) is 15.6 Å². The predicted molar refractivity (Wildman–Crippen MR) is 79.2 cm³/mol. The van der Waals surface area contributed by atoms with Crippen molar-refractivity contribution < 1.29 is 0 Å². The average Bonchev–Trinajstić information content (AvgIpc) is 3.02. The first-order valence-electron chi connectivity index (χ1n) is 6.80. The van der Waals surface area contributed by atoms with E-state index in [4.69, 9.17) is 11.6 Å². The fraction of sp³-hybridized carbons (Fsp3) is 0.400. The Morgan fingerprint density at radius 3 is 2.84 bits per heavy atom. The maximum absolute atomic E-state index is 6.33. The smallest absolute Gasteiger partial charge is 0.207 e. The lowest BCUT2D eigenvalue weighted by molar-refractivity contribution is 0.740. The average molecular weight is 276 g/mol. The first kappa shape index (κ1) is 12.5. The normalized spacial score (nSPS) is 15.9. The highest BCUT2D eigenvalue weighted by Crippen LogP contribution is 2.26. The molecule has 3 rings (SSSR count). The number of aryl methyl sites for hydroxylation is 1. The molecule has 0 radical (unpaired) electrons. The van der Waals surface area contributed by atoms with Gasteiger partial charge in [0.05, 0.1) is 10.7 Å². The SMILES string of the molecule is Cc1ccc(-n2ccnc2NC2CCCC2)c(Cl)c1. The van der Waals surface area contributed by atoms with E-state index in [0.717, 1.165) is 16.7 Å². The van der Waals surface area contributed by atoms with Crippen molar-refractivity contribution >= 4 is 17.5 Å². The van der Waals surface area contributed by atoms with E-state index in [9.17, 15) is 0 Å². The van der Waals surface area contributed by atoms with E-state index in [1.165, 1.54) is 31.2 Å². The van der Waals surface area contributed by atoms with Crippen molar-refractivity contribution in [2.45, 2.75) is 38.6 Å². The van der Waals surface area contributed by atoms with Crippen molar-refractivity contribution in [2.24, 2.45) is 0 Å². The van der Waals surface area contributed by atoms with Crippen LogP contribution in [-0.2, 0) is 0 Å². The van der Waals surface area contributed by atoms with Gasteiger partial charge in [-0.05, 0) is 37.5 Å². The maximum atomic E-state index is 6.33. The molecule has 1 heterocycles. The highest BCUT2D eigenvalue weighted by Gasteiger charge is 2.17. The van der Waals surface area contributed by atoms with Crippen LogP contribution < -0.4 is 5.32 Å². The Kier molecular flexibility index (Phi) is 3.47. The van der Waals surface area contributed by atoms with Crippen LogP contribution in [0.3, 0.4) is 0 Å². The molecule has 2 aromatic rings. The lowest BCUT2D eigenvalue weighted by atomic mass is 10.2. The molecule has 0 saturated heterocycles. The first-order valence-corrected chi connectivity index (χ1v) is 7.18. The second kappa shape index (κ2) is 5.25. The molecule has 3 nitrogen and oxygen atoms in total. The molecular weight excluding hydrogens is 258 g/mol. The molecule has 1 aromatic heterocycles. The van der Waals surface area contributed by atoms with Gasteiger partial charge < -0.3 is 5.32 Å². The van der Waals surface area contributed by atoms with Gasteiger partial charge in [0.1, 0.15) is 0 Å². The Morgan fingerprint density at radius 2 is 2.11 bits per heavy atom. The Bertz CT molecular complexity index is 571. The number of hydrogen-bond acceptors (Lipinski definition) is 2. The third-order valence-electron chi connectivity index (χ3n) is 3.69. The molecule has 1 aromatic carbocycles. The summed E-state index contributed by atoms with van der Waals surface area (Å²) in [5, 5.41) is 4.28. The molecule has 1 N–H and O–H groups in total. The number of aromatic nitrogens is 2. The summed E-state index contributed by atoms with van der Waals surface area (Å²) in [6, 6.07) is 6.64. The summed E-state index contributed by atoms with van der Waals surface area (Å²) < 4.78 is 2.03. The van der Waals surface area contributed by atoms with E-state index < -0.39 is 0 Å². The molecule has 0 unspecified atom stereocenters. The van der Waals surface area contributed by atoms with E-state index in [1.807, 2.05) is 36.0 Å². The predicted octanol–water partition coefficient (Wildman–Crippen LogP) is 4.19. The van der Waals surface area contributed by atoms with Crippen LogP contribution >= 0.6 is 11.6 Å². The van der Waals surface area contributed by atoms with Crippen LogP contribution in [0, 0.1) is 6.92 Å². The van der Waals surface area contributed by atoms with Crippen molar-refractivity contribution in [3.63, 3.8) is 0 Å². The number of hydrogen-bond donors (Lipinski definition) is 1. The van der Waals surface area contributed by atoms with Crippen molar-refractivity contribution in [2.75, 3.05) is 5.32 Å². The zero-order valence-corrected chi connectivity index (χ0v) is 11.8. The van der Waals surface area contributed by atoms with Gasteiger partial charge in [0.2, 0.25) is 5.95 Å². The second-order valence-corrected chi connectivity index (χ2v) is 5.61. The van der Waals surface area contributed by atoms with Crippen LogP contribution in [0.2, 0.25) is 5.02 Å². The van der Waals surface area contributed by atoms with Crippen LogP contribution in [0.15, 0.2) is 30.6 Å². The third kappa shape index (κ3) is 2.61. The van der Waals surface area contributed by atoms with E-state index in [2.05, 4.69) is 16.4 Å². The fourth-order valence-electron chi connectivity index (χ4n) is 2.66. The van der Waals surface area contributed by atoms with Crippen LogP contribution in [0.5, 0.6) is 0 Å². The molecule has 1 saturated carbocycles. The highest BCUT2D eigenvalue weighted by molar-refractivity contribution is 6.32. The molecule has 1 aliphatic rings. The maximum Gasteiger partial charge on any atom is 0.207 e. The zero-order chi connectivity index (χ0) is 13.2. The summed E-state index contributed by atoms with van der Waals surface area (Å²) in [7, 11) is 0. The molecule has 100 valence electrons. The number of rotatable bonds is 3. The molecule has 0 amide bonds. The molecule has 1 fully saturated rings. The van der Waals surface area contributed by atoms with Crippen molar-refractivity contribution in [3.8, 4) is 5.69 Å². The number of halogens is 1. The van der Waals surface area contributed by atoms with E-state index >= 15 is 0 Å². The van der Waals surface area contributed by atoms with E-state index in [-0.39, 0.29) is 0 Å². The number of anilines is 1. The van der Waals surface area contributed by atoms with Crippen LogP contribution in [0.1, 0.15) is 31.2 Å².